The number of hydrogen-bond acceptors (Lipinski definition) is 15. The number of nitrogens with zero attached hydrogens (tertiary/aromatic N) is 5. The molecule has 0 aromatic heterocycles. The molecule has 0 fully saturated rings. The van der Waals surface area contributed by atoms with Gasteiger partial charge in [-0.25, -0.2) is 21.6 Å². The minimum Gasteiger partial charge on any atom is -0.744 e. The largest absolute Gasteiger partial charge is 1.00 e. The van der Waals surface area contributed by atoms with E-state index >= 15 is 0 Å². The Balaban J connectivity index is 0.00000641. The molecular weight excluding hydrogens is 800 g/mol. The molecule has 20 heteroatoms. The van der Waals surface area contributed by atoms with Crippen molar-refractivity contribution in [1.29, 1.82) is 0 Å². The third kappa shape index (κ3) is 10.3. The van der Waals surface area contributed by atoms with E-state index in [1.807, 2.05) is 18.2 Å². The number of hydrogen-bond donors (Lipinski definition) is 4. The van der Waals surface area contributed by atoms with E-state index in [0.717, 1.165) is 6.07 Å². The van der Waals surface area contributed by atoms with Crippen LogP contribution in [0, 0.1) is 17.0 Å². The number of sulfonamides is 1. The maximum Gasteiger partial charge on any atom is 1.00 e. The molecule has 17 nitrogen and oxygen atoms in total. The van der Waals surface area contributed by atoms with E-state index < -0.39 is 42.3 Å². The van der Waals surface area contributed by atoms with Gasteiger partial charge in [0.05, 0.1) is 45.5 Å². The van der Waals surface area contributed by atoms with E-state index in [9.17, 15) is 31.5 Å². The quantitative estimate of drug-likeness (QED) is 0.0328. The van der Waals surface area contributed by atoms with E-state index in [1.54, 1.807) is 73.7 Å². The number of anilines is 4. The second-order valence-electron chi connectivity index (χ2n) is 12.2. The van der Waals surface area contributed by atoms with Crippen molar-refractivity contribution in [3.05, 3.63) is 131 Å². The zero-order valence-electron chi connectivity index (χ0n) is 31.1. The van der Waals surface area contributed by atoms with Crippen LogP contribution in [0.1, 0.15) is 5.56 Å². The second-order valence-corrected chi connectivity index (χ2v) is 15.3. The van der Waals surface area contributed by atoms with E-state index in [0.29, 0.717) is 56.5 Å². The molecule has 0 heterocycles. The molecule has 0 saturated carbocycles. The van der Waals surface area contributed by atoms with Crippen LogP contribution in [-0.4, -0.2) is 51.7 Å². The van der Waals surface area contributed by atoms with Crippen LogP contribution in [-0.2, 0) is 20.1 Å². The number of fused-ring (bicyclic) bond motifs is 1. The van der Waals surface area contributed by atoms with Crippen LogP contribution in [0.4, 0.5) is 51.2 Å². The van der Waals surface area contributed by atoms with Crippen LogP contribution in [0.15, 0.2) is 146 Å². The molecular formula is C38H33N8NaO9S2. The normalized spacial score (nSPS) is 11.8. The summed E-state index contributed by atoms with van der Waals surface area (Å²) in [4.78, 5) is 10.3. The number of aliphatic hydroxyl groups is 1. The Morgan fingerprint density at radius 3 is 2.07 bits per heavy atom. The van der Waals surface area contributed by atoms with Crippen LogP contribution in [0.3, 0.4) is 0 Å². The Kier molecular flexibility index (Phi) is 14.1. The van der Waals surface area contributed by atoms with E-state index in [-0.39, 0.29) is 52.1 Å². The van der Waals surface area contributed by atoms with Crippen molar-refractivity contribution in [2.45, 2.75) is 16.7 Å². The van der Waals surface area contributed by atoms with Gasteiger partial charge in [-0.2, -0.15) is 10.2 Å². The number of para-hydroxylation sites is 1. The Labute approximate surface area is 355 Å². The number of aryl methyl sites for hydroxylation is 1. The Bertz CT molecular complexity index is 2760. The molecule has 0 radical (unpaired) electrons. The van der Waals surface area contributed by atoms with Gasteiger partial charge in [-0.15, -0.1) is 10.2 Å². The van der Waals surface area contributed by atoms with Crippen molar-refractivity contribution >= 4 is 82.1 Å². The zero-order valence-corrected chi connectivity index (χ0v) is 34.8. The molecule has 0 spiro atoms. The summed E-state index contributed by atoms with van der Waals surface area (Å²) in [7, 11) is -7.46. The molecule has 0 atom stereocenters. The molecule has 0 amide bonds. The third-order valence-corrected chi connectivity index (χ3v) is 10.7. The first-order valence-corrected chi connectivity index (χ1v) is 19.8. The maximum atomic E-state index is 12.4. The van der Waals surface area contributed by atoms with Gasteiger partial charge in [0.25, 0.3) is 5.69 Å². The third-order valence-electron chi connectivity index (χ3n) is 8.36. The van der Waals surface area contributed by atoms with Gasteiger partial charge in [0.1, 0.15) is 27.2 Å². The summed E-state index contributed by atoms with van der Waals surface area (Å²) in [6.45, 7) is 1.12. The summed E-state index contributed by atoms with van der Waals surface area (Å²) in [6.07, 6.45) is 0. The summed E-state index contributed by atoms with van der Waals surface area (Å²) >= 11 is 0. The summed E-state index contributed by atoms with van der Waals surface area (Å²) in [5.74, 6) is 0.317. The molecule has 0 aliphatic carbocycles. The Morgan fingerprint density at radius 1 is 0.741 bits per heavy atom. The van der Waals surface area contributed by atoms with Gasteiger partial charge in [-0.05, 0) is 85.3 Å². The van der Waals surface area contributed by atoms with Crippen molar-refractivity contribution in [3.8, 4) is 5.75 Å². The summed E-state index contributed by atoms with van der Waals surface area (Å²) < 4.78 is 69.4. The van der Waals surface area contributed by atoms with Gasteiger partial charge >= 0.3 is 29.6 Å². The molecule has 58 heavy (non-hydrogen) atoms. The molecule has 4 N–H and O–H groups in total. The number of rotatable bonds is 15. The molecule has 0 aliphatic heterocycles. The van der Waals surface area contributed by atoms with Gasteiger partial charge in [0.2, 0.25) is 10.0 Å². The zero-order chi connectivity index (χ0) is 40.7. The predicted molar refractivity (Wildman–Crippen MR) is 213 cm³/mol. The number of nitro benzene ring substituents is 1. The number of ether oxygens (including phenoxy) is 1. The topological polar surface area (TPSA) is 249 Å². The minimum absolute atomic E-state index is 0. The van der Waals surface area contributed by atoms with E-state index in [2.05, 4.69) is 35.8 Å². The fraction of sp³-hybridized carbons (Fsp3) is 0.105. The number of aliphatic hydroxyl groups excluding tert-OH is 1. The van der Waals surface area contributed by atoms with Crippen molar-refractivity contribution in [1.82, 2.24) is 4.72 Å². The summed E-state index contributed by atoms with van der Waals surface area (Å²) in [6, 6.07) is 30.0. The molecule has 0 aliphatic rings. The molecule has 0 saturated heterocycles. The molecule has 0 unspecified atom stereocenters. The molecule has 6 aromatic carbocycles. The first kappa shape index (κ1) is 43.5. The SMILES string of the molecule is COc1cc(N=Nc2ccc(Nc3ccc(S(=O)(=O)NCCO)cc3[N+](=O)[O-])cc2)c(C)cc1N=Nc1ccc(Nc2ccccc2)c2c(S(=O)(=O)[O-])cccc12.[Na+]. The maximum absolute atomic E-state index is 12.4. The Hall–Kier alpha value is -5.64. The van der Waals surface area contributed by atoms with Crippen LogP contribution in [0.5, 0.6) is 5.75 Å². The average Bonchev–Trinajstić information content (AvgIpc) is 3.19. The summed E-state index contributed by atoms with van der Waals surface area (Å²) in [5.41, 5.74) is 3.37. The number of nitro groups is 1. The Morgan fingerprint density at radius 2 is 1.40 bits per heavy atom. The van der Waals surface area contributed by atoms with Gasteiger partial charge in [0.15, 0.2) is 0 Å². The van der Waals surface area contributed by atoms with E-state index in [1.165, 1.54) is 31.4 Å². The van der Waals surface area contributed by atoms with Crippen molar-refractivity contribution in [2.75, 3.05) is 30.9 Å². The fourth-order valence-corrected chi connectivity index (χ4v) is 7.39. The first-order valence-electron chi connectivity index (χ1n) is 16.9. The number of azo groups is 2. The van der Waals surface area contributed by atoms with Crippen molar-refractivity contribution < 1.29 is 65.7 Å². The van der Waals surface area contributed by atoms with E-state index in [4.69, 9.17) is 9.84 Å². The molecule has 6 rings (SSSR count). The molecule has 6 aromatic rings. The van der Waals surface area contributed by atoms with Crippen LogP contribution in [0.25, 0.3) is 10.8 Å². The van der Waals surface area contributed by atoms with Crippen LogP contribution >= 0.6 is 0 Å². The summed E-state index contributed by atoms with van der Waals surface area (Å²) in [5, 5.41) is 44.8. The second kappa shape index (κ2) is 18.7. The van der Waals surface area contributed by atoms with Gasteiger partial charge in [-0.3, -0.25) is 10.1 Å². The molecule has 0 bridgehead atoms. The van der Waals surface area contributed by atoms with Gasteiger partial charge in [0, 0.05) is 46.5 Å². The molecule has 292 valence electrons. The average molecular weight is 833 g/mol. The number of benzene rings is 6. The number of nitrogens with one attached hydrogen (secondary N) is 3. The van der Waals surface area contributed by atoms with Gasteiger partial charge in [-0.1, -0.05) is 30.3 Å². The predicted octanol–water partition coefficient (Wildman–Crippen LogP) is 5.56. The first-order chi connectivity index (χ1) is 27.3. The van der Waals surface area contributed by atoms with Crippen LogP contribution in [0.2, 0.25) is 0 Å². The minimum atomic E-state index is -4.85. The monoisotopic (exact) mass is 832 g/mol. The standard InChI is InChI=1S/C38H34N8O9S2.Na/c1-24-21-34(45-43-30-17-18-32(41-25-7-4-3-5-8-25)38-29(30)9-6-10-37(38)57(52,53)54)36(55-2)23-33(24)44-42-27-13-11-26(12-14-27)40-31-16-15-28(22-35(31)46(48)49)56(50,51)39-19-20-47;/h3-18,21-23,39-41,47H,19-20H2,1-2H3,(H,52,53,54);/q;+1/p-1. The van der Waals surface area contributed by atoms with Crippen molar-refractivity contribution in [3.63, 3.8) is 0 Å². The van der Waals surface area contributed by atoms with Crippen molar-refractivity contribution in [2.24, 2.45) is 20.5 Å². The van der Waals surface area contributed by atoms with Crippen LogP contribution < -0.4 is 49.6 Å². The van der Waals surface area contributed by atoms with Gasteiger partial charge < -0.3 is 25.0 Å². The number of methoxy groups -OCH3 is 1. The smallest absolute Gasteiger partial charge is 0.744 e. The fourth-order valence-electron chi connectivity index (χ4n) is 5.63.